The molecule has 0 radical (unpaired) electrons. The second-order valence-corrected chi connectivity index (χ2v) is 5.17. The number of nitrogens with one attached hydrogen (secondary N) is 1. The lowest BCUT2D eigenvalue weighted by atomic mass is 10.2. The van der Waals surface area contributed by atoms with E-state index in [2.05, 4.69) is 10.3 Å². The fraction of sp³-hybridized carbons (Fsp3) is 0.385. The third-order valence-electron chi connectivity index (χ3n) is 2.54. The molecule has 2 rings (SSSR count). The Hall–Kier alpha value is -1.82. The van der Waals surface area contributed by atoms with Gasteiger partial charge in [-0.3, -0.25) is 4.79 Å². The summed E-state index contributed by atoms with van der Waals surface area (Å²) >= 11 is 1.38. The summed E-state index contributed by atoms with van der Waals surface area (Å²) in [4.78, 5) is 15.9. The van der Waals surface area contributed by atoms with Crippen LogP contribution in [0.4, 0.5) is 10.8 Å². The summed E-state index contributed by atoms with van der Waals surface area (Å²) < 4.78 is 6.46. The molecule has 0 aliphatic rings. The number of fused-ring (bicyclic) bond motifs is 1. The molecule has 0 saturated heterocycles. The summed E-state index contributed by atoms with van der Waals surface area (Å²) in [6, 6.07) is 3.66. The average Bonchev–Trinajstić information content (AvgIpc) is 2.70. The number of thiazole rings is 1. The first-order valence-corrected chi connectivity index (χ1v) is 7.08. The van der Waals surface area contributed by atoms with Crippen LogP contribution < -0.4 is 15.8 Å². The van der Waals surface area contributed by atoms with E-state index in [9.17, 15) is 4.79 Å². The first kappa shape index (κ1) is 13.6. The normalized spacial score (nSPS) is 10.6. The molecule has 0 aliphatic heterocycles. The highest BCUT2D eigenvalue weighted by Gasteiger charge is 2.11. The van der Waals surface area contributed by atoms with Gasteiger partial charge >= 0.3 is 0 Å². The topological polar surface area (TPSA) is 77.2 Å². The van der Waals surface area contributed by atoms with Crippen LogP contribution in [0.5, 0.6) is 5.75 Å². The van der Waals surface area contributed by atoms with Gasteiger partial charge in [-0.05, 0) is 19.4 Å². The number of nitrogens with two attached hydrogens (primary N) is 1. The smallest absolute Gasteiger partial charge is 0.224 e. The minimum absolute atomic E-state index is 0.00165. The summed E-state index contributed by atoms with van der Waals surface area (Å²) in [5.74, 6) is 0.654. The number of aromatic nitrogens is 1. The fourth-order valence-electron chi connectivity index (χ4n) is 1.80. The van der Waals surface area contributed by atoms with Gasteiger partial charge in [0.2, 0.25) is 5.91 Å². The quantitative estimate of drug-likeness (QED) is 0.882. The molecule has 1 aromatic carbocycles. The highest BCUT2D eigenvalue weighted by Crippen LogP contribution is 2.34. The Morgan fingerprint density at radius 2 is 2.26 bits per heavy atom. The summed E-state index contributed by atoms with van der Waals surface area (Å²) in [5, 5.41) is 3.36. The molecule has 0 atom stereocenters. The first-order valence-electron chi connectivity index (χ1n) is 6.26. The molecule has 1 amide bonds. The van der Waals surface area contributed by atoms with Gasteiger partial charge in [0.05, 0.1) is 11.3 Å². The zero-order chi connectivity index (χ0) is 13.8. The Balaban J connectivity index is 2.36. The SMILES string of the molecule is CCCC(=O)Nc1cc(OCC)c2nc(N)sc2c1. The zero-order valence-corrected chi connectivity index (χ0v) is 11.8. The third kappa shape index (κ3) is 3.14. The minimum atomic E-state index is 0.00165. The Morgan fingerprint density at radius 1 is 1.47 bits per heavy atom. The molecule has 3 N–H and O–H groups in total. The molecule has 0 spiro atoms. The molecule has 6 heteroatoms. The number of nitrogen functional groups attached to an aromatic ring is 1. The summed E-state index contributed by atoms with van der Waals surface area (Å²) in [7, 11) is 0. The van der Waals surface area contributed by atoms with Gasteiger partial charge in [-0.25, -0.2) is 4.98 Å². The fourth-order valence-corrected chi connectivity index (χ4v) is 2.60. The summed E-state index contributed by atoms with van der Waals surface area (Å²) in [6.45, 7) is 4.42. The number of carbonyl (C=O) groups is 1. The van der Waals surface area contributed by atoms with E-state index >= 15 is 0 Å². The van der Waals surface area contributed by atoms with Gasteiger partial charge in [-0.1, -0.05) is 18.3 Å². The third-order valence-corrected chi connectivity index (χ3v) is 3.37. The van der Waals surface area contributed by atoms with Gasteiger partial charge in [0.15, 0.2) is 5.13 Å². The van der Waals surface area contributed by atoms with Crippen molar-refractivity contribution in [2.24, 2.45) is 0 Å². The molecule has 2 aromatic rings. The Morgan fingerprint density at radius 3 is 2.95 bits per heavy atom. The monoisotopic (exact) mass is 279 g/mol. The zero-order valence-electron chi connectivity index (χ0n) is 11.0. The largest absolute Gasteiger partial charge is 0.491 e. The molecule has 0 aliphatic carbocycles. The van der Waals surface area contributed by atoms with Crippen LogP contribution in [0.1, 0.15) is 26.7 Å². The molecule has 1 heterocycles. The molecule has 19 heavy (non-hydrogen) atoms. The van der Waals surface area contributed by atoms with Crippen molar-refractivity contribution in [3.05, 3.63) is 12.1 Å². The van der Waals surface area contributed by atoms with Crippen LogP contribution in [0.25, 0.3) is 10.2 Å². The molecule has 102 valence electrons. The van der Waals surface area contributed by atoms with Crippen LogP contribution in [0.2, 0.25) is 0 Å². The van der Waals surface area contributed by atoms with E-state index in [1.807, 2.05) is 19.9 Å². The minimum Gasteiger partial charge on any atom is -0.491 e. The predicted octanol–water partition coefficient (Wildman–Crippen LogP) is 3.02. The highest BCUT2D eigenvalue weighted by molar-refractivity contribution is 7.22. The Kier molecular flexibility index (Phi) is 4.21. The molecular formula is C13H17N3O2S. The van der Waals surface area contributed by atoms with E-state index < -0.39 is 0 Å². The highest BCUT2D eigenvalue weighted by atomic mass is 32.1. The number of benzene rings is 1. The Bertz CT molecular complexity index is 595. The van der Waals surface area contributed by atoms with Crippen molar-refractivity contribution in [2.75, 3.05) is 17.7 Å². The molecule has 0 unspecified atom stereocenters. The van der Waals surface area contributed by atoms with Crippen LogP contribution >= 0.6 is 11.3 Å². The molecule has 1 aromatic heterocycles. The van der Waals surface area contributed by atoms with Crippen molar-refractivity contribution >= 4 is 38.3 Å². The lowest BCUT2D eigenvalue weighted by molar-refractivity contribution is -0.116. The second-order valence-electron chi connectivity index (χ2n) is 4.10. The van der Waals surface area contributed by atoms with Crippen LogP contribution in [0.3, 0.4) is 0 Å². The molecular weight excluding hydrogens is 262 g/mol. The number of ether oxygens (including phenoxy) is 1. The predicted molar refractivity (Wildman–Crippen MR) is 78.7 cm³/mol. The number of rotatable bonds is 5. The van der Waals surface area contributed by atoms with Gasteiger partial charge in [0, 0.05) is 18.2 Å². The van der Waals surface area contributed by atoms with Crippen molar-refractivity contribution in [3.63, 3.8) is 0 Å². The maximum atomic E-state index is 11.6. The van der Waals surface area contributed by atoms with E-state index in [-0.39, 0.29) is 5.91 Å². The van der Waals surface area contributed by atoms with Crippen molar-refractivity contribution < 1.29 is 9.53 Å². The van der Waals surface area contributed by atoms with Crippen molar-refractivity contribution in [1.82, 2.24) is 4.98 Å². The second kappa shape index (κ2) is 5.88. The van der Waals surface area contributed by atoms with Crippen molar-refractivity contribution in [2.45, 2.75) is 26.7 Å². The first-order chi connectivity index (χ1) is 9.13. The molecule has 0 fully saturated rings. The number of anilines is 2. The van der Waals surface area contributed by atoms with Gasteiger partial charge in [-0.2, -0.15) is 0 Å². The van der Waals surface area contributed by atoms with E-state index in [0.717, 1.165) is 22.3 Å². The van der Waals surface area contributed by atoms with E-state index in [0.29, 0.717) is 23.9 Å². The van der Waals surface area contributed by atoms with Crippen molar-refractivity contribution in [1.29, 1.82) is 0 Å². The summed E-state index contributed by atoms with van der Waals surface area (Å²) in [5.41, 5.74) is 7.19. The maximum Gasteiger partial charge on any atom is 0.224 e. The maximum absolute atomic E-state index is 11.6. The Labute approximate surface area is 115 Å². The van der Waals surface area contributed by atoms with Crippen LogP contribution in [0.15, 0.2) is 12.1 Å². The van der Waals surface area contributed by atoms with Crippen LogP contribution in [0, 0.1) is 0 Å². The number of hydrogen-bond acceptors (Lipinski definition) is 5. The number of carbonyl (C=O) groups excluding carboxylic acids is 1. The average molecular weight is 279 g/mol. The van der Waals surface area contributed by atoms with Gasteiger partial charge < -0.3 is 15.8 Å². The lowest BCUT2D eigenvalue weighted by Gasteiger charge is -2.08. The van der Waals surface area contributed by atoms with Crippen LogP contribution in [-0.2, 0) is 4.79 Å². The molecule has 0 bridgehead atoms. The van der Waals surface area contributed by atoms with Crippen molar-refractivity contribution in [3.8, 4) is 5.75 Å². The van der Waals surface area contributed by atoms with Gasteiger partial charge in [-0.15, -0.1) is 0 Å². The summed E-state index contributed by atoms with van der Waals surface area (Å²) in [6.07, 6.45) is 1.33. The number of hydrogen-bond donors (Lipinski definition) is 2. The standard InChI is InChI=1S/C13H17N3O2S/c1-3-5-11(17)15-8-6-9(18-4-2)12-10(7-8)19-13(14)16-12/h6-7H,3-5H2,1-2H3,(H2,14,16)(H,15,17). The lowest BCUT2D eigenvalue weighted by Crippen LogP contribution is -2.10. The molecule has 5 nitrogen and oxygen atoms in total. The van der Waals surface area contributed by atoms with Crippen LogP contribution in [-0.4, -0.2) is 17.5 Å². The van der Waals surface area contributed by atoms with E-state index in [4.69, 9.17) is 10.5 Å². The molecule has 0 saturated carbocycles. The number of nitrogens with zero attached hydrogens (tertiary/aromatic N) is 1. The van der Waals surface area contributed by atoms with E-state index in [1.54, 1.807) is 6.07 Å². The van der Waals surface area contributed by atoms with Gasteiger partial charge in [0.1, 0.15) is 11.3 Å². The van der Waals surface area contributed by atoms with E-state index in [1.165, 1.54) is 11.3 Å². The van der Waals surface area contributed by atoms with Gasteiger partial charge in [0.25, 0.3) is 0 Å². The number of amides is 1.